The molecule has 0 aliphatic carbocycles. The van der Waals surface area contributed by atoms with E-state index >= 15 is 0 Å². The van der Waals surface area contributed by atoms with Crippen LogP contribution in [0.15, 0.2) is 59.8 Å². The smallest absolute Gasteiger partial charge is 0.341 e. The topological polar surface area (TPSA) is 119 Å². The summed E-state index contributed by atoms with van der Waals surface area (Å²) >= 11 is 0. The van der Waals surface area contributed by atoms with Gasteiger partial charge >= 0.3 is 5.97 Å². The summed E-state index contributed by atoms with van der Waals surface area (Å²) in [6, 6.07) is 14.2. The molecule has 28 heavy (non-hydrogen) atoms. The summed E-state index contributed by atoms with van der Waals surface area (Å²) in [4.78, 5) is 14.9. The quantitative estimate of drug-likeness (QED) is 0.452. The lowest BCUT2D eigenvalue weighted by Crippen LogP contribution is -2.09. The molecule has 0 saturated carbocycles. The molecule has 1 heterocycles. The number of nitrogens with one attached hydrogen (secondary N) is 1. The Morgan fingerprint density at radius 3 is 2.54 bits per heavy atom. The van der Waals surface area contributed by atoms with Crippen molar-refractivity contribution in [2.45, 2.75) is 0 Å². The molecule has 0 saturated heterocycles. The number of ether oxygens (including phenoxy) is 2. The van der Waals surface area contributed by atoms with E-state index in [1.54, 1.807) is 43.8 Å². The average Bonchev–Trinajstić information content (AvgIpc) is 2.73. The molecule has 0 bridgehead atoms. The van der Waals surface area contributed by atoms with Crippen LogP contribution in [0.2, 0.25) is 0 Å². The normalized spacial score (nSPS) is 10.6. The van der Waals surface area contributed by atoms with E-state index in [-0.39, 0.29) is 12.6 Å². The van der Waals surface area contributed by atoms with Crippen LogP contribution in [-0.4, -0.2) is 46.2 Å². The van der Waals surface area contributed by atoms with Crippen molar-refractivity contribution < 1.29 is 19.4 Å². The predicted octanol–water partition coefficient (Wildman–Crippen LogP) is 2.46. The molecule has 0 spiro atoms. The number of rotatable bonds is 8. The fraction of sp³-hybridized carbons (Fsp3) is 0.105. The van der Waals surface area contributed by atoms with Gasteiger partial charge in [0.05, 0.1) is 25.2 Å². The van der Waals surface area contributed by atoms with E-state index in [0.717, 1.165) is 16.9 Å². The maximum atomic E-state index is 10.5. The molecular formula is C19H17N5O4. The summed E-state index contributed by atoms with van der Waals surface area (Å²) in [5, 5.41) is 20.5. The van der Waals surface area contributed by atoms with Gasteiger partial charge in [-0.1, -0.05) is 0 Å². The Bertz CT molecular complexity index is 959. The lowest BCUT2D eigenvalue weighted by atomic mass is 10.1. The number of anilines is 1. The second-order valence-electron chi connectivity index (χ2n) is 5.52. The maximum Gasteiger partial charge on any atom is 0.341 e. The molecule has 0 aliphatic heterocycles. The Labute approximate surface area is 160 Å². The minimum atomic E-state index is -1.03. The van der Waals surface area contributed by atoms with Crippen molar-refractivity contribution >= 4 is 18.1 Å². The molecular weight excluding hydrogens is 362 g/mol. The van der Waals surface area contributed by atoms with E-state index in [1.165, 1.54) is 0 Å². The standard InChI is InChI=1S/C19H17N5O4/c1-27-15-8-4-14(5-9-15)17-11-21-24-19(22-17)23-20-10-13-2-6-16(7-3-13)28-12-18(25)26/h2-11H,12H2,1H3,(H,25,26)(H,22,23,24)/b20-10+. The minimum Gasteiger partial charge on any atom is -0.497 e. The summed E-state index contributed by atoms with van der Waals surface area (Å²) < 4.78 is 10.2. The Morgan fingerprint density at radius 1 is 1.14 bits per heavy atom. The zero-order chi connectivity index (χ0) is 19.8. The number of benzene rings is 2. The molecule has 0 atom stereocenters. The van der Waals surface area contributed by atoms with Gasteiger partial charge in [0, 0.05) is 5.56 Å². The molecule has 0 unspecified atom stereocenters. The predicted molar refractivity (Wildman–Crippen MR) is 103 cm³/mol. The minimum absolute atomic E-state index is 0.256. The van der Waals surface area contributed by atoms with Crippen LogP contribution in [0.25, 0.3) is 11.3 Å². The monoisotopic (exact) mass is 379 g/mol. The number of methoxy groups -OCH3 is 1. The average molecular weight is 379 g/mol. The number of aliphatic carboxylic acids is 1. The summed E-state index contributed by atoms with van der Waals surface area (Å²) in [5.41, 5.74) is 5.04. The molecule has 2 N–H and O–H groups in total. The van der Waals surface area contributed by atoms with Gasteiger partial charge in [0.25, 0.3) is 5.95 Å². The Morgan fingerprint density at radius 2 is 1.86 bits per heavy atom. The largest absolute Gasteiger partial charge is 0.497 e. The zero-order valence-electron chi connectivity index (χ0n) is 14.9. The molecule has 3 rings (SSSR count). The van der Waals surface area contributed by atoms with Crippen LogP contribution < -0.4 is 14.9 Å². The highest BCUT2D eigenvalue weighted by molar-refractivity contribution is 5.80. The summed E-state index contributed by atoms with van der Waals surface area (Å²) in [6.45, 7) is -0.385. The summed E-state index contributed by atoms with van der Waals surface area (Å²) in [6.07, 6.45) is 3.14. The van der Waals surface area contributed by atoms with Crippen molar-refractivity contribution in [3.05, 3.63) is 60.3 Å². The second kappa shape index (κ2) is 9.08. The van der Waals surface area contributed by atoms with Gasteiger partial charge < -0.3 is 14.6 Å². The zero-order valence-corrected chi connectivity index (χ0v) is 14.9. The van der Waals surface area contributed by atoms with E-state index in [4.69, 9.17) is 14.6 Å². The van der Waals surface area contributed by atoms with Crippen molar-refractivity contribution in [2.24, 2.45) is 5.10 Å². The number of carboxylic acids is 1. The second-order valence-corrected chi connectivity index (χ2v) is 5.52. The van der Waals surface area contributed by atoms with Crippen LogP contribution in [-0.2, 0) is 4.79 Å². The van der Waals surface area contributed by atoms with Gasteiger partial charge in [0.1, 0.15) is 11.5 Å². The van der Waals surface area contributed by atoms with E-state index < -0.39 is 5.97 Å². The van der Waals surface area contributed by atoms with Gasteiger partial charge in [-0.05, 0) is 54.1 Å². The third-order valence-corrected chi connectivity index (χ3v) is 3.57. The fourth-order valence-electron chi connectivity index (χ4n) is 2.21. The van der Waals surface area contributed by atoms with Gasteiger partial charge in [-0.3, -0.25) is 0 Å². The van der Waals surface area contributed by atoms with Gasteiger partial charge in [-0.2, -0.15) is 10.2 Å². The van der Waals surface area contributed by atoms with E-state index in [9.17, 15) is 4.79 Å². The van der Waals surface area contributed by atoms with Crippen molar-refractivity contribution in [1.29, 1.82) is 0 Å². The van der Waals surface area contributed by atoms with Crippen LogP contribution in [0.5, 0.6) is 11.5 Å². The Hall–Kier alpha value is -4.01. The number of carboxylic acid groups (broad SMARTS) is 1. The maximum absolute atomic E-state index is 10.5. The summed E-state index contributed by atoms with van der Waals surface area (Å²) in [5.74, 6) is 0.451. The lowest BCUT2D eigenvalue weighted by molar-refractivity contribution is -0.139. The highest BCUT2D eigenvalue weighted by Gasteiger charge is 2.03. The number of aromatic nitrogens is 3. The Kier molecular flexibility index (Phi) is 6.09. The van der Waals surface area contributed by atoms with Gasteiger partial charge in [-0.25, -0.2) is 15.2 Å². The molecule has 2 aromatic carbocycles. The molecule has 0 radical (unpaired) electrons. The van der Waals surface area contributed by atoms with E-state index in [2.05, 4.69) is 25.7 Å². The molecule has 0 amide bonds. The van der Waals surface area contributed by atoms with Crippen molar-refractivity contribution in [1.82, 2.24) is 15.2 Å². The molecule has 0 fully saturated rings. The third kappa shape index (κ3) is 5.24. The van der Waals surface area contributed by atoms with E-state index in [1.807, 2.05) is 24.3 Å². The molecule has 9 heteroatoms. The molecule has 3 aromatic rings. The van der Waals surface area contributed by atoms with Gasteiger partial charge in [-0.15, -0.1) is 5.10 Å². The van der Waals surface area contributed by atoms with Gasteiger partial charge in [0.15, 0.2) is 6.61 Å². The first-order valence-electron chi connectivity index (χ1n) is 8.22. The van der Waals surface area contributed by atoms with Crippen LogP contribution in [0, 0.1) is 0 Å². The highest BCUT2D eigenvalue weighted by Crippen LogP contribution is 2.20. The van der Waals surface area contributed by atoms with Crippen molar-refractivity contribution in [3.8, 4) is 22.8 Å². The molecule has 1 aromatic heterocycles. The van der Waals surface area contributed by atoms with Gasteiger partial charge in [0.2, 0.25) is 0 Å². The van der Waals surface area contributed by atoms with Crippen LogP contribution in [0.1, 0.15) is 5.56 Å². The first kappa shape index (κ1) is 18.8. The van der Waals surface area contributed by atoms with Crippen LogP contribution in [0.4, 0.5) is 5.95 Å². The first-order chi connectivity index (χ1) is 13.6. The summed E-state index contributed by atoms with van der Waals surface area (Å²) in [7, 11) is 1.61. The SMILES string of the molecule is COc1ccc(-c2cnnc(N/N=C/c3ccc(OCC(=O)O)cc3)n2)cc1. The molecule has 9 nitrogen and oxygen atoms in total. The number of hydrogen-bond acceptors (Lipinski definition) is 8. The number of nitrogens with zero attached hydrogens (tertiary/aromatic N) is 4. The number of hydrogen-bond donors (Lipinski definition) is 2. The molecule has 0 aliphatic rings. The van der Waals surface area contributed by atoms with Crippen molar-refractivity contribution in [2.75, 3.05) is 19.1 Å². The van der Waals surface area contributed by atoms with Crippen molar-refractivity contribution in [3.63, 3.8) is 0 Å². The van der Waals surface area contributed by atoms with Crippen LogP contribution in [0.3, 0.4) is 0 Å². The highest BCUT2D eigenvalue weighted by atomic mass is 16.5. The fourth-order valence-corrected chi connectivity index (χ4v) is 2.21. The number of carbonyl (C=O) groups is 1. The number of hydrazone groups is 1. The lowest BCUT2D eigenvalue weighted by Gasteiger charge is -2.04. The van der Waals surface area contributed by atoms with Crippen LogP contribution >= 0.6 is 0 Å². The third-order valence-electron chi connectivity index (χ3n) is 3.57. The first-order valence-corrected chi connectivity index (χ1v) is 8.22. The molecule has 142 valence electrons. The van der Waals surface area contributed by atoms with E-state index in [0.29, 0.717) is 11.4 Å². The Balaban J connectivity index is 1.61.